The standard InChI is InChI=1S/C15H20ClFO/c1-10-5-6-15(18,8-11(10)2)9-12-3-4-13(17)7-14(12)16/h3-4,7,10-11,18H,5-6,8-9H2,1-2H3. The molecule has 1 aromatic rings. The van der Waals surface area contributed by atoms with Crippen LogP contribution in [-0.2, 0) is 6.42 Å². The summed E-state index contributed by atoms with van der Waals surface area (Å²) < 4.78 is 13.0. The van der Waals surface area contributed by atoms with Gasteiger partial charge in [-0.05, 0) is 48.8 Å². The molecule has 0 heterocycles. The molecule has 0 aromatic heterocycles. The van der Waals surface area contributed by atoms with Gasteiger partial charge in [0.05, 0.1) is 5.60 Å². The molecule has 1 nitrogen and oxygen atoms in total. The highest BCUT2D eigenvalue weighted by Gasteiger charge is 2.36. The maximum atomic E-state index is 13.0. The maximum Gasteiger partial charge on any atom is 0.124 e. The van der Waals surface area contributed by atoms with E-state index in [1.807, 2.05) is 0 Å². The molecular formula is C15H20ClFO. The summed E-state index contributed by atoms with van der Waals surface area (Å²) in [4.78, 5) is 0. The predicted octanol–water partition coefficient (Wildman–Crippen LogP) is 4.21. The molecule has 1 aromatic carbocycles. The molecule has 0 aliphatic heterocycles. The third-order valence-electron chi connectivity index (χ3n) is 4.27. The van der Waals surface area contributed by atoms with Gasteiger partial charge in [0, 0.05) is 11.4 Å². The molecule has 2 rings (SSSR count). The second kappa shape index (κ2) is 5.18. The summed E-state index contributed by atoms with van der Waals surface area (Å²) in [6.07, 6.45) is 3.15. The Kier molecular flexibility index (Phi) is 3.98. The number of benzene rings is 1. The van der Waals surface area contributed by atoms with Crippen LogP contribution in [0, 0.1) is 17.7 Å². The van der Waals surface area contributed by atoms with Gasteiger partial charge in [0.25, 0.3) is 0 Å². The molecule has 0 radical (unpaired) electrons. The first-order chi connectivity index (χ1) is 8.39. The molecule has 18 heavy (non-hydrogen) atoms. The number of hydrogen-bond donors (Lipinski definition) is 1. The lowest BCUT2D eigenvalue weighted by Gasteiger charge is -2.39. The number of halogens is 2. The lowest BCUT2D eigenvalue weighted by atomic mass is 9.71. The van der Waals surface area contributed by atoms with Crippen molar-refractivity contribution in [3.8, 4) is 0 Å². The summed E-state index contributed by atoms with van der Waals surface area (Å²) in [6.45, 7) is 4.41. The van der Waals surface area contributed by atoms with E-state index in [2.05, 4.69) is 13.8 Å². The first-order valence-electron chi connectivity index (χ1n) is 6.56. The smallest absolute Gasteiger partial charge is 0.124 e. The van der Waals surface area contributed by atoms with Crippen LogP contribution in [0.2, 0.25) is 5.02 Å². The topological polar surface area (TPSA) is 20.2 Å². The van der Waals surface area contributed by atoms with Crippen molar-refractivity contribution in [3.63, 3.8) is 0 Å². The van der Waals surface area contributed by atoms with E-state index in [1.54, 1.807) is 6.07 Å². The number of hydrogen-bond acceptors (Lipinski definition) is 1. The molecule has 100 valence electrons. The fourth-order valence-electron chi connectivity index (χ4n) is 2.86. The summed E-state index contributed by atoms with van der Waals surface area (Å²) in [5.41, 5.74) is 0.148. The van der Waals surface area contributed by atoms with Gasteiger partial charge in [-0.1, -0.05) is 31.5 Å². The van der Waals surface area contributed by atoms with Gasteiger partial charge in [0.1, 0.15) is 5.82 Å². The predicted molar refractivity (Wildman–Crippen MR) is 72.2 cm³/mol. The molecule has 1 N–H and O–H groups in total. The highest BCUT2D eigenvalue weighted by molar-refractivity contribution is 6.31. The highest BCUT2D eigenvalue weighted by Crippen LogP contribution is 2.38. The van der Waals surface area contributed by atoms with Gasteiger partial charge in [-0.3, -0.25) is 0 Å². The van der Waals surface area contributed by atoms with E-state index < -0.39 is 5.60 Å². The van der Waals surface area contributed by atoms with E-state index in [0.717, 1.165) is 24.8 Å². The second-order valence-electron chi connectivity index (χ2n) is 5.83. The Morgan fingerprint density at radius 2 is 2.11 bits per heavy atom. The van der Waals surface area contributed by atoms with Crippen molar-refractivity contribution in [1.82, 2.24) is 0 Å². The Labute approximate surface area is 113 Å². The Hall–Kier alpha value is -0.600. The number of aliphatic hydroxyl groups is 1. The summed E-state index contributed by atoms with van der Waals surface area (Å²) in [5, 5.41) is 11.1. The van der Waals surface area contributed by atoms with E-state index in [0.29, 0.717) is 23.3 Å². The van der Waals surface area contributed by atoms with Crippen molar-refractivity contribution in [2.45, 2.75) is 45.1 Å². The monoisotopic (exact) mass is 270 g/mol. The average Bonchev–Trinajstić information content (AvgIpc) is 2.28. The van der Waals surface area contributed by atoms with E-state index in [4.69, 9.17) is 11.6 Å². The van der Waals surface area contributed by atoms with Gasteiger partial charge >= 0.3 is 0 Å². The minimum absolute atomic E-state index is 0.332. The van der Waals surface area contributed by atoms with E-state index in [-0.39, 0.29) is 5.82 Å². The first kappa shape index (κ1) is 13.8. The molecule has 0 saturated heterocycles. The van der Waals surface area contributed by atoms with Crippen LogP contribution in [0.5, 0.6) is 0 Å². The zero-order valence-electron chi connectivity index (χ0n) is 10.9. The highest BCUT2D eigenvalue weighted by atomic mass is 35.5. The SMILES string of the molecule is CC1CCC(O)(Cc2ccc(F)cc2Cl)CC1C. The quantitative estimate of drug-likeness (QED) is 0.854. The van der Waals surface area contributed by atoms with Crippen LogP contribution >= 0.6 is 11.6 Å². The Morgan fingerprint density at radius 1 is 1.39 bits per heavy atom. The zero-order chi connectivity index (χ0) is 13.3. The van der Waals surface area contributed by atoms with Gasteiger partial charge in [0.15, 0.2) is 0 Å². The van der Waals surface area contributed by atoms with Crippen LogP contribution in [-0.4, -0.2) is 10.7 Å². The molecule has 0 bridgehead atoms. The van der Waals surface area contributed by atoms with Crippen LogP contribution in [0.25, 0.3) is 0 Å². The third-order valence-corrected chi connectivity index (χ3v) is 4.62. The van der Waals surface area contributed by atoms with Gasteiger partial charge in [-0.25, -0.2) is 4.39 Å². The summed E-state index contributed by atoms with van der Waals surface area (Å²) in [6, 6.07) is 4.40. The summed E-state index contributed by atoms with van der Waals surface area (Å²) in [5.74, 6) is 0.846. The Balaban J connectivity index is 2.13. The van der Waals surface area contributed by atoms with Crippen molar-refractivity contribution >= 4 is 11.6 Å². The van der Waals surface area contributed by atoms with Crippen LogP contribution in [0.4, 0.5) is 4.39 Å². The van der Waals surface area contributed by atoms with Gasteiger partial charge in [-0.15, -0.1) is 0 Å². The maximum absolute atomic E-state index is 13.0. The molecule has 1 fully saturated rings. The first-order valence-corrected chi connectivity index (χ1v) is 6.94. The lowest BCUT2D eigenvalue weighted by molar-refractivity contribution is -0.0279. The summed E-state index contributed by atoms with van der Waals surface area (Å²) in [7, 11) is 0. The van der Waals surface area contributed by atoms with Gasteiger partial charge in [-0.2, -0.15) is 0 Å². The van der Waals surface area contributed by atoms with Crippen molar-refractivity contribution in [3.05, 3.63) is 34.6 Å². The molecule has 3 atom stereocenters. The second-order valence-corrected chi connectivity index (χ2v) is 6.24. The molecule has 1 aliphatic carbocycles. The minimum Gasteiger partial charge on any atom is -0.390 e. The average molecular weight is 271 g/mol. The van der Waals surface area contributed by atoms with Crippen LogP contribution in [0.3, 0.4) is 0 Å². The molecule has 0 spiro atoms. The molecule has 1 aliphatic rings. The minimum atomic E-state index is -0.687. The fraction of sp³-hybridized carbons (Fsp3) is 0.600. The normalized spacial score (nSPS) is 32.5. The van der Waals surface area contributed by atoms with Crippen molar-refractivity contribution in [1.29, 1.82) is 0 Å². The van der Waals surface area contributed by atoms with Crippen LogP contribution in [0.15, 0.2) is 18.2 Å². The fourth-order valence-corrected chi connectivity index (χ4v) is 3.10. The van der Waals surface area contributed by atoms with E-state index in [1.165, 1.54) is 12.1 Å². The molecule has 3 heteroatoms. The van der Waals surface area contributed by atoms with Crippen LogP contribution < -0.4 is 0 Å². The largest absolute Gasteiger partial charge is 0.390 e. The van der Waals surface area contributed by atoms with E-state index >= 15 is 0 Å². The molecule has 1 saturated carbocycles. The molecular weight excluding hydrogens is 251 g/mol. The molecule has 3 unspecified atom stereocenters. The van der Waals surface area contributed by atoms with Crippen LogP contribution in [0.1, 0.15) is 38.7 Å². The molecule has 0 amide bonds. The van der Waals surface area contributed by atoms with Crippen molar-refractivity contribution in [2.24, 2.45) is 11.8 Å². The van der Waals surface area contributed by atoms with Crippen molar-refractivity contribution in [2.75, 3.05) is 0 Å². The van der Waals surface area contributed by atoms with Crippen molar-refractivity contribution < 1.29 is 9.50 Å². The Bertz CT molecular complexity index is 435. The third kappa shape index (κ3) is 3.04. The zero-order valence-corrected chi connectivity index (χ0v) is 11.7. The Morgan fingerprint density at radius 3 is 2.72 bits per heavy atom. The van der Waals surface area contributed by atoms with Gasteiger partial charge in [0.2, 0.25) is 0 Å². The lowest BCUT2D eigenvalue weighted by Crippen LogP contribution is -2.39. The number of rotatable bonds is 2. The van der Waals surface area contributed by atoms with E-state index in [9.17, 15) is 9.50 Å². The summed E-state index contributed by atoms with van der Waals surface area (Å²) >= 11 is 6.02. The van der Waals surface area contributed by atoms with Gasteiger partial charge < -0.3 is 5.11 Å².